The molecule has 0 aliphatic carbocycles. The fraction of sp³-hybridized carbons (Fsp3) is 0.500. The van der Waals surface area contributed by atoms with Gasteiger partial charge in [-0.2, -0.15) is 0 Å². The molecule has 0 heterocycles. The van der Waals surface area contributed by atoms with Gasteiger partial charge < -0.3 is 16.2 Å². The lowest BCUT2D eigenvalue weighted by atomic mass is 9.87. The Morgan fingerprint density at radius 1 is 1.39 bits per heavy atom. The van der Waals surface area contributed by atoms with E-state index in [1.54, 1.807) is 0 Å². The summed E-state index contributed by atoms with van der Waals surface area (Å²) in [5.74, 6) is -0.156. The van der Waals surface area contributed by atoms with Crippen LogP contribution in [-0.4, -0.2) is 17.1 Å². The summed E-state index contributed by atoms with van der Waals surface area (Å²) in [7, 11) is 0. The van der Waals surface area contributed by atoms with Crippen LogP contribution in [0.3, 0.4) is 0 Å². The summed E-state index contributed by atoms with van der Waals surface area (Å²) in [6.07, 6.45) is 0. The molecular weight excluding hydrogens is 228 g/mol. The van der Waals surface area contributed by atoms with Crippen LogP contribution in [0.2, 0.25) is 0 Å². The number of carbonyl (C=O) groups is 1. The summed E-state index contributed by atoms with van der Waals surface area (Å²) in [5.41, 5.74) is 7.40. The van der Waals surface area contributed by atoms with Crippen LogP contribution >= 0.6 is 0 Å². The number of nitrogens with two attached hydrogens (primary N) is 1. The van der Waals surface area contributed by atoms with Crippen LogP contribution in [-0.2, 0) is 17.9 Å². The standard InChI is InChI=1S/C14H22N2O2/c1-14(2,3)12(15)13(18)16-8-10-5-4-6-11(7-10)9-17/h4-7,12,17H,8-9,15H2,1-3H3,(H,16,18)/t12-/m1/s1. The second-order valence-electron chi connectivity index (χ2n) is 5.54. The minimum atomic E-state index is -0.529. The molecule has 0 radical (unpaired) electrons. The Hall–Kier alpha value is -1.39. The molecule has 0 saturated heterocycles. The molecule has 0 aromatic heterocycles. The van der Waals surface area contributed by atoms with Crippen LogP contribution in [0.1, 0.15) is 31.9 Å². The van der Waals surface area contributed by atoms with E-state index in [4.69, 9.17) is 10.8 Å². The molecule has 0 aliphatic rings. The van der Waals surface area contributed by atoms with Crippen LogP contribution in [0.25, 0.3) is 0 Å². The van der Waals surface area contributed by atoms with E-state index in [9.17, 15) is 4.79 Å². The van der Waals surface area contributed by atoms with Crippen molar-refractivity contribution >= 4 is 5.91 Å². The monoisotopic (exact) mass is 250 g/mol. The molecule has 1 rings (SSSR count). The molecule has 0 saturated carbocycles. The van der Waals surface area contributed by atoms with Crippen molar-refractivity contribution in [1.29, 1.82) is 0 Å². The SMILES string of the molecule is CC(C)(C)[C@H](N)C(=O)NCc1cccc(CO)c1. The van der Waals surface area contributed by atoms with Gasteiger partial charge in [-0.3, -0.25) is 4.79 Å². The molecule has 0 aliphatic heterocycles. The molecule has 0 spiro atoms. The number of benzene rings is 1. The van der Waals surface area contributed by atoms with Crippen molar-refractivity contribution in [1.82, 2.24) is 5.32 Å². The number of hydrogen-bond donors (Lipinski definition) is 3. The van der Waals surface area contributed by atoms with Gasteiger partial charge in [-0.1, -0.05) is 45.0 Å². The molecule has 1 atom stereocenters. The van der Waals surface area contributed by atoms with Crippen molar-refractivity contribution in [2.24, 2.45) is 11.1 Å². The van der Waals surface area contributed by atoms with E-state index >= 15 is 0 Å². The smallest absolute Gasteiger partial charge is 0.237 e. The summed E-state index contributed by atoms with van der Waals surface area (Å²) < 4.78 is 0. The molecule has 1 amide bonds. The predicted octanol–water partition coefficient (Wildman–Crippen LogP) is 1.17. The van der Waals surface area contributed by atoms with E-state index in [-0.39, 0.29) is 17.9 Å². The lowest BCUT2D eigenvalue weighted by Gasteiger charge is -2.25. The first-order chi connectivity index (χ1) is 8.34. The number of rotatable bonds is 4. The van der Waals surface area contributed by atoms with Crippen molar-refractivity contribution in [3.8, 4) is 0 Å². The quantitative estimate of drug-likeness (QED) is 0.751. The van der Waals surface area contributed by atoms with E-state index in [0.29, 0.717) is 6.54 Å². The van der Waals surface area contributed by atoms with Crippen molar-refractivity contribution in [3.05, 3.63) is 35.4 Å². The summed E-state index contributed by atoms with van der Waals surface area (Å²) in [6, 6.07) is 6.94. The maximum absolute atomic E-state index is 11.8. The number of aliphatic hydroxyl groups excluding tert-OH is 1. The van der Waals surface area contributed by atoms with E-state index in [0.717, 1.165) is 11.1 Å². The number of nitrogens with one attached hydrogen (secondary N) is 1. The van der Waals surface area contributed by atoms with Crippen LogP contribution in [0, 0.1) is 5.41 Å². The van der Waals surface area contributed by atoms with Gasteiger partial charge >= 0.3 is 0 Å². The van der Waals surface area contributed by atoms with E-state index in [2.05, 4.69) is 5.32 Å². The average molecular weight is 250 g/mol. The second kappa shape index (κ2) is 5.98. The Labute approximate surface area is 108 Å². The summed E-state index contributed by atoms with van der Waals surface area (Å²) in [5, 5.41) is 11.8. The fourth-order valence-corrected chi connectivity index (χ4v) is 1.53. The maximum atomic E-state index is 11.8. The van der Waals surface area contributed by atoms with Crippen molar-refractivity contribution in [2.45, 2.75) is 40.0 Å². The Morgan fingerprint density at radius 2 is 2.00 bits per heavy atom. The van der Waals surface area contributed by atoms with Crippen LogP contribution in [0.5, 0.6) is 0 Å². The zero-order chi connectivity index (χ0) is 13.8. The molecule has 0 bridgehead atoms. The lowest BCUT2D eigenvalue weighted by Crippen LogP contribution is -2.48. The van der Waals surface area contributed by atoms with E-state index in [1.807, 2.05) is 45.0 Å². The van der Waals surface area contributed by atoms with Gasteiger partial charge in [-0.05, 0) is 16.5 Å². The number of hydrogen-bond acceptors (Lipinski definition) is 3. The van der Waals surface area contributed by atoms with Crippen LogP contribution in [0.4, 0.5) is 0 Å². The summed E-state index contributed by atoms with van der Waals surface area (Å²) in [6.45, 7) is 6.23. The first kappa shape index (κ1) is 14.7. The molecule has 0 fully saturated rings. The van der Waals surface area contributed by atoms with Gasteiger partial charge in [0, 0.05) is 6.54 Å². The van der Waals surface area contributed by atoms with Crippen molar-refractivity contribution in [3.63, 3.8) is 0 Å². The second-order valence-corrected chi connectivity index (χ2v) is 5.54. The molecule has 18 heavy (non-hydrogen) atoms. The molecule has 4 nitrogen and oxygen atoms in total. The molecule has 100 valence electrons. The summed E-state index contributed by atoms with van der Waals surface area (Å²) in [4.78, 5) is 11.8. The van der Waals surface area contributed by atoms with Gasteiger partial charge in [0.15, 0.2) is 0 Å². The Balaban J connectivity index is 2.57. The number of carbonyl (C=O) groups excluding carboxylic acids is 1. The Bertz CT molecular complexity index is 411. The lowest BCUT2D eigenvalue weighted by molar-refractivity contribution is -0.124. The van der Waals surface area contributed by atoms with Gasteiger partial charge in [-0.25, -0.2) is 0 Å². The van der Waals surface area contributed by atoms with E-state index in [1.165, 1.54) is 0 Å². The molecule has 4 heteroatoms. The Kier molecular flexibility index (Phi) is 4.87. The predicted molar refractivity (Wildman–Crippen MR) is 71.6 cm³/mol. The van der Waals surface area contributed by atoms with Gasteiger partial charge in [-0.15, -0.1) is 0 Å². The third-order valence-corrected chi connectivity index (χ3v) is 2.86. The molecule has 0 unspecified atom stereocenters. The largest absolute Gasteiger partial charge is 0.392 e. The fourth-order valence-electron chi connectivity index (χ4n) is 1.53. The van der Waals surface area contributed by atoms with Gasteiger partial charge in [0.25, 0.3) is 0 Å². The van der Waals surface area contributed by atoms with Crippen molar-refractivity contribution < 1.29 is 9.90 Å². The minimum absolute atomic E-state index is 0.00327. The maximum Gasteiger partial charge on any atom is 0.237 e. The zero-order valence-corrected chi connectivity index (χ0v) is 11.2. The topological polar surface area (TPSA) is 75.4 Å². The number of amides is 1. The van der Waals surface area contributed by atoms with Crippen molar-refractivity contribution in [2.75, 3.05) is 0 Å². The average Bonchev–Trinajstić information content (AvgIpc) is 2.34. The highest BCUT2D eigenvalue weighted by Crippen LogP contribution is 2.17. The van der Waals surface area contributed by atoms with Gasteiger partial charge in [0.05, 0.1) is 12.6 Å². The molecule has 1 aromatic carbocycles. The first-order valence-electron chi connectivity index (χ1n) is 6.06. The van der Waals surface area contributed by atoms with Gasteiger partial charge in [0.2, 0.25) is 5.91 Å². The highest BCUT2D eigenvalue weighted by Gasteiger charge is 2.26. The third-order valence-electron chi connectivity index (χ3n) is 2.86. The minimum Gasteiger partial charge on any atom is -0.392 e. The Morgan fingerprint density at radius 3 is 2.56 bits per heavy atom. The normalized spacial score (nSPS) is 13.2. The van der Waals surface area contributed by atoms with Crippen LogP contribution < -0.4 is 11.1 Å². The molecular formula is C14H22N2O2. The number of aliphatic hydroxyl groups is 1. The first-order valence-corrected chi connectivity index (χ1v) is 6.06. The molecule has 4 N–H and O–H groups in total. The molecule has 1 aromatic rings. The van der Waals surface area contributed by atoms with Crippen LogP contribution in [0.15, 0.2) is 24.3 Å². The van der Waals surface area contributed by atoms with Gasteiger partial charge in [0.1, 0.15) is 0 Å². The third kappa shape index (κ3) is 4.13. The van der Waals surface area contributed by atoms with E-state index < -0.39 is 6.04 Å². The zero-order valence-electron chi connectivity index (χ0n) is 11.2. The highest BCUT2D eigenvalue weighted by molar-refractivity contribution is 5.82. The summed E-state index contributed by atoms with van der Waals surface area (Å²) >= 11 is 0. The highest BCUT2D eigenvalue weighted by atomic mass is 16.3.